The number of hydrogen-bond acceptors (Lipinski definition) is 4. The molecule has 0 atom stereocenters. The van der Waals surface area contributed by atoms with Gasteiger partial charge in [-0.1, -0.05) is 24.3 Å². The molecule has 2 aliphatic rings. The van der Waals surface area contributed by atoms with Crippen LogP contribution in [0.3, 0.4) is 0 Å². The topological polar surface area (TPSA) is 76.7 Å². The highest BCUT2D eigenvalue weighted by Crippen LogP contribution is 2.19. The van der Waals surface area contributed by atoms with Crippen molar-refractivity contribution in [1.82, 2.24) is 10.6 Å². The van der Waals surface area contributed by atoms with Crippen LogP contribution in [-0.4, -0.2) is 38.1 Å². The van der Waals surface area contributed by atoms with Gasteiger partial charge in [-0.05, 0) is 24.3 Å². The number of rotatable bonds is 0. The summed E-state index contributed by atoms with van der Waals surface area (Å²) >= 11 is 0. The highest BCUT2D eigenvalue weighted by atomic mass is 16.5. The second-order valence-corrected chi connectivity index (χ2v) is 5.20. The molecule has 0 unspecified atom stereocenters. The number of nitrogens with one attached hydrogen (secondary N) is 2. The minimum Gasteiger partial charge on any atom is -0.491 e. The molecular formula is C18H18N2O4. The molecule has 2 aromatic carbocycles. The lowest BCUT2D eigenvalue weighted by atomic mass is 10.2. The molecular weight excluding hydrogens is 308 g/mol. The van der Waals surface area contributed by atoms with Crippen molar-refractivity contribution < 1.29 is 19.1 Å². The smallest absolute Gasteiger partial charge is 0.255 e. The lowest BCUT2D eigenvalue weighted by Gasteiger charge is -2.02. The molecule has 0 spiro atoms. The van der Waals surface area contributed by atoms with Crippen LogP contribution in [0.2, 0.25) is 0 Å². The number of amides is 2. The SMILES string of the molecule is O=C1NCCOc2ccccc21.O=C1NCCOc2ccccc21. The molecule has 124 valence electrons. The van der Waals surface area contributed by atoms with Gasteiger partial charge in [-0.3, -0.25) is 9.59 Å². The van der Waals surface area contributed by atoms with Crippen LogP contribution in [0.25, 0.3) is 0 Å². The number of ether oxygens (including phenoxy) is 2. The third kappa shape index (κ3) is 3.65. The minimum absolute atomic E-state index is 0.0527. The van der Waals surface area contributed by atoms with Gasteiger partial charge in [0, 0.05) is 0 Å². The van der Waals surface area contributed by atoms with Crippen LogP contribution in [0.4, 0.5) is 0 Å². The fourth-order valence-corrected chi connectivity index (χ4v) is 2.40. The van der Waals surface area contributed by atoms with Crippen LogP contribution >= 0.6 is 0 Å². The molecule has 0 fully saturated rings. The van der Waals surface area contributed by atoms with E-state index in [4.69, 9.17) is 9.47 Å². The summed E-state index contributed by atoms with van der Waals surface area (Å²) in [5, 5.41) is 5.47. The molecule has 2 amide bonds. The summed E-state index contributed by atoms with van der Waals surface area (Å²) in [6.45, 7) is 2.24. The Morgan fingerprint density at radius 3 is 1.54 bits per heavy atom. The zero-order chi connectivity index (χ0) is 16.8. The normalized spacial score (nSPS) is 15.5. The molecule has 0 aliphatic carbocycles. The van der Waals surface area contributed by atoms with Crippen LogP contribution in [-0.2, 0) is 0 Å². The monoisotopic (exact) mass is 326 g/mol. The molecule has 0 radical (unpaired) electrons. The summed E-state index contributed by atoms with van der Waals surface area (Å²) in [5.74, 6) is 1.24. The molecule has 0 saturated carbocycles. The van der Waals surface area contributed by atoms with Crippen molar-refractivity contribution in [2.24, 2.45) is 0 Å². The lowest BCUT2D eigenvalue weighted by molar-refractivity contribution is 0.0949. The third-order valence-electron chi connectivity index (χ3n) is 3.55. The summed E-state index contributed by atoms with van der Waals surface area (Å²) in [4.78, 5) is 22.6. The summed E-state index contributed by atoms with van der Waals surface area (Å²) in [5.41, 5.74) is 1.24. The molecule has 6 nitrogen and oxygen atoms in total. The van der Waals surface area contributed by atoms with Gasteiger partial charge in [-0.2, -0.15) is 0 Å². The number of carbonyl (C=O) groups excluding carboxylic acids is 2. The number of hydrogen-bond donors (Lipinski definition) is 2. The van der Waals surface area contributed by atoms with Gasteiger partial charge in [0.2, 0.25) is 0 Å². The van der Waals surface area contributed by atoms with E-state index in [9.17, 15) is 9.59 Å². The Balaban J connectivity index is 0.000000141. The third-order valence-corrected chi connectivity index (χ3v) is 3.55. The Labute approximate surface area is 139 Å². The molecule has 2 aromatic rings. The van der Waals surface area contributed by atoms with Gasteiger partial charge in [0.1, 0.15) is 24.7 Å². The van der Waals surface area contributed by atoms with Crippen molar-refractivity contribution >= 4 is 11.8 Å². The van der Waals surface area contributed by atoms with Gasteiger partial charge in [0.25, 0.3) is 11.8 Å². The molecule has 0 aromatic heterocycles. The summed E-state index contributed by atoms with van der Waals surface area (Å²) in [6.07, 6.45) is 0. The van der Waals surface area contributed by atoms with Gasteiger partial charge in [0.15, 0.2) is 0 Å². The van der Waals surface area contributed by atoms with Crippen molar-refractivity contribution in [1.29, 1.82) is 0 Å². The first kappa shape index (κ1) is 15.9. The summed E-state index contributed by atoms with van der Waals surface area (Å²) < 4.78 is 10.7. The predicted molar refractivity (Wildman–Crippen MR) is 88.5 cm³/mol. The van der Waals surface area contributed by atoms with Gasteiger partial charge >= 0.3 is 0 Å². The van der Waals surface area contributed by atoms with Crippen LogP contribution in [0.1, 0.15) is 20.7 Å². The summed E-state index contributed by atoms with van der Waals surface area (Å²) in [6, 6.07) is 14.5. The Hall–Kier alpha value is -3.02. The Morgan fingerprint density at radius 1 is 0.667 bits per heavy atom. The fraction of sp³-hybridized carbons (Fsp3) is 0.222. The van der Waals surface area contributed by atoms with Gasteiger partial charge in [-0.15, -0.1) is 0 Å². The molecule has 6 heteroatoms. The largest absolute Gasteiger partial charge is 0.491 e. The van der Waals surface area contributed by atoms with E-state index in [1.54, 1.807) is 24.3 Å². The molecule has 2 N–H and O–H groups in total. The first-order valence-electron chi connectivity index (χ1n) is 7.76. The number of benzene rings is 2. The maximum Gasteiger partial charge on any atom is 0.255 e. The van der Waals surface area contributed by atoms with Gasteiger partial charge < -0.3 is 20.1 Å². The predicted octanol–water partition coefficient (Wildman–Crippen LogP) is 1.62. The molecule has 2 heterocycles. The maximum atomic E-state index is 11.3. The fourth-order valence-electron chi connectivity index (χ4n) is 2.40. The van der Waals surface area contributed by atoms with E-state index in [1.165, 1.54) is 0 Å². The van der Waals surface area contributed by atoms with Crippen molar-refractivity contribution in [2.45, 2.75) is 0 Å². The van der Waals surface area contributed by atoms with Crippen molar-refractivity contribution in [3.05, 3.63) is 59.7 Å². The molecule has 0 bridgehead atoms. The van der Waals surface area contributed by atoms with Gasteiger partial charge in [0.05, 0.1) is 24.2 Å². The van der Waals surface area contributed by atoms with Crippen LogP contribution in [0.5, 0.6) is 11.5 Å². The Kier molecular flexibility index (Phi) is 4.96. The second kappa shape index (κ2) is 7.50. The van der Waals surface area contributed by atoms with E-state index in [0.29, 0.717) is 48.9 Å². The van der Waals surface area contributed by atoms with E-state index in [0.717, 1.165) is 0 Å². The Morgan fingerprint density at radius 2 is 1.08 bits per heavy atom. The standard InChI is InChI=1S/2C9H9NO2/c2*11-9-7-3-1-2-4-8(7)12-6-5-10-9/h2*1-4H,5-6H2,(H,10,11). The van der Waals surface area contributed by atoms with E-state index in [1.807, 2.05) is 24.3 Å². The first-order valence-corrected chi connectivity index (χ1v) is 7.76. The van der Waals surface area contributed by atoms with Crippen molar-refractivity contribution in [3.63, 3.8) is 0 Å². The van der Waals surface area contributed by atoms with E-state index in [-0.39, 0.29) is 11.8 Å². The van der Waals surface area contributed by atoms with Crippen molar-refractivity contribution in [3.8, 4) is 11.5 Å². The quantitative estimate of drug-likeness (QED) is 0.771. The lowest BCUT2D eigenvalue weighted by Crippen LogP contribution is -2.24. The second-order valence-electron chi connectivity index (χ2n) is 5.20. The van der Waals surface area contributed by atoms with E-state index >= 15 is 0 Å². The Bertz CT molecular complexity index is 682. The van der Waals surface area contributed by atoms with E-state index < -0.39 is 0 Å². The van der Waals surface area contributed by atoms with Crippen LogP contribution < -0.4 is 20.1 Å². The van der Waals surface area contributed by atoms with Crippen LogP contribution in [0, 0.1) is 0 Å². The van der Waals surface area contributed by atoms with E-state index in [2.05, 4.69) is 10.6 Å². The van der Waals surface area contributed by atoms with Gasteiger partial charge in [-0.25, -0.2) is 0 Å². The minimum atomic E-state index is -0.0527. The zero-order valence-electron chi connectivity index (χ0n) is 13.1. The molecule has 24 heavy (non-hydrogen) atoms. The number of carbonyl (C=O) groups is 2. The number of para-hydroxylation sites is 2. The average Bonchev–Trinajstić information content (AvgIpc) is 2.93. The number of fused-ring (bicyclic) bond motifs is 2. The molecule has 0 saturated heterocycles. The highest BCUT2D eigenvalue weighted by molar-refractivity contribution is 5.97. The van der Waals surface area contributed by atoms with Crippen molar-refractivity contribution in [2.75, 3.05) is 26.3 Å². The average molecular weight is 326 g/mol. The molecule has 4 rings (SSSR count). The first-order chi connectivity index (χ1) is 11.8. The summed E-state index contributed by atoms with van der Waals surface area (Å²) in [7, 11) is 0. The highest BCUT2D eigenvalue weighted by Gasteiger charge is 2.15. The zero-order valence-corrected chi connectivity index (χ0v) is 13.1. The maximum absolute atomic E-state index is 11.3. The van der Waals surface area contributed by atoms with Crippen LogP contribution in [0.15, 0.2) is 48.5 Å². The molecule has 2 aliphatic heterocycles.